The van der Waals surface area contributed by atoms with Gasteiger partial charge in [-0.25, -0.2) is 9.97 Å². The van der Waals surface area contributed by atoms with E-state index in [-0.39, 0.29) is 5.91 Å². The van der Waals surface area contributed by atoms with Crippen molar-refractivity contribution in [3.8, 4) is 0 Å². The summed E-state index contributed by atoms with van der Waals surface area (Å²) in [5.74, 6) is 0.738. The van der Waals surface area contributed by atoms with Crippen LogP contribution < -0.4 is 0 Å². The van der Waals surface area contributed by atoms with Gasteiger partial charge in [-0.1, -0.05) is 6.92 Å². The fourth-order valence-electron chi connectivity index (χ4n) is 3.21. The summed E-state index contributed by atoms with van der Waals surface area (Å²) < 4.78 is 1.82. The number of aryl methyl sites for hydroxylation is 2. The third-order valence-corrected chi connectivity index (χ3v) is 4.50. The van der Waals surface area contributed by atoms with Crippen LogP contribution in [0.5, 0.6) is 0 Å². The molecule has 0 aliphatic carbocycles. The van der Waals surface area contributed by atoms with Gasteiger partial charge >= 0.3 is 0 Å². The first-order valence-electron chi connectivity index (χ1n) is 8.19. The lowest BCUT2D eigenvalue weighted by Crippen LogP contribution is -2.44. The second kappa shape index (κ2) is 6.10. The van der Waals surface area contributed by atoms with E-state index in [1.165, 1.54) is 0 Å². The number of hydrogen-bond acceptors (Lipinski definition) is 4. The molecular formula is C17H23N5O. The number of rotatable bonds is 4. The quantitative estimate of drug-likeness (QED) is 0.870. The minimum atomic E-state index is -0.448. The van der Waals surface area contributed by atoms with Crippen LogP contribution in [-0.2, 0) is 12.1 Å². The van der Waals surface area contributed by atoms with Gasteiger partial charge in [-0.2, -0.15) is 5.10 Å². The third-order valence-electron chi connectivity index (χ3n) is 4.50. The monoisotopic (exact) mass is 313 g/mol. The molecule has 122 valence electrons. The molecule has 6 heteroatoms. The van der Waals surface area contributed by atoms with E-state index in [0.717, 1.165) is 43.9 Å². The molecule has 0 spiro atoms. The molecule has 0 unspecified atom stereocenters. The van der Waals surface area contributed by atoms with E-state index in [9.17, 15) is 4.79 Å². The molecule has 1 atom stereocenters. The molecule has 0 aromatic carbocycles. The van der Waals surface area contributed by atoms with Gasteiger partial charge < -0.3 is 4.90 Å². The maximum atomic E-state index is 13.0. The number of likely N-dealkylation sites (tertiary alicyclic amines) is 1. The van der Waals surface area contributed by atoms with Crippen molar-refractivity contribution in [3.63, 3.8) is 0 Å². The van der Waals surface area contributed by atoms with Gasteiger partial charge in [-0.3, -0.25) is 9.48 Å². The maximum absolute atomic E-state index is 13.0. The average molecular weight is 313 g/mol. The lowest BCUT2D eigenvalue weighted by Gasteiger charge is -2.33. The van der Waals surface area contributed by atoms with Crippen molar-refractivity contribution < 1.29 is 4.79 Å². The molecule has 0 radical (unpaired) electrons. The second-order valence-electron chi connectivity index (χ2n) is 6.35. The summed E-state index contributed by atoms with van der Waals surface area (Å²) in [6, 6.07) is 1.88. The van der Waals surface area contributed by atoms with E-state index in [4.69, 9.17) is 0 Å². The Morgan fingerprint density at radius 2 is 2.26 bits per heavy atom. The number of hydrogen-bond donors (Lipinski definition) is 0. The molecule has 1 aliphatic heterocycles. The van der Waals surface area contributed by atoms with Gasteiger partial charge in [0.05, 0.1) is 11.8 Å². The number of amides is 1. The highest BCUT2D eigenvalue weighted by Gasteiger charge is 2.43. The number of nitrogens with zero attached hydrogens (tertiary/aromatic N) is 5. The van der Waals surface area contributed by atoms with Gasteiger partial charge in [0, 0.05) is 31.2 Å². The van der Waals surface area contributed by atoms with Gasteiger partial charge in [0.15, 0.2) is 5.82 Å². The van der Waals surface area contributed by atoms with Crippen LogP contribution in [0.25, 0.3) is 0 Å². The summed E-state index contributed by atoms with van der Waals surface area (Å²) in [6.07, 6.45) is 8.10. The summed E-state index contributed by atoms with van der Waals surface area (Å²) in [5, 5.41) is 4.27. The van der Waals surface area contributed by atoms with Crippen molar-refractivity contribution in [1.29, 1.82) is 0 Å². The highest BCUT2D eigenvalue weighted by molar-refractivity contribution is 5.94. The predicted molar refractivity (Wildman–Crippen MR) is 86.9 cm³/mol. The SMILES string of the molecule is CCCn1cc(C(=O)N2CCC[C@@]2(C)c2nccc(C)n2)cn1. The fourth-order valence-corrected chi connectivity index (χ4v) is 3.21. The zero-order valence-corrected chi connectivity index (χ0v) is 14.0. The molecule has 1 aliphatic rings. The van der Waals surface area contributed by atoms with E-state index < -0.39 is 5.54 Å². The molecule has 2 aromatic rings. The summed E-state index contributed by atoms with van der Waals surface area (Å²) in [4.78, 5) is 23.8. The molecule has 0 saturated carbocycles. The Hall–Kier alpha value is -2.24. The molecule has 3 heterocycles. The van der Waals surface area contributed by atoms with Crippen LogP contribution in [0.3, 0.4) is 0 Å². The maximum Gasteiger partial charge on any atom is 0.257 e. The largest absolute Gasteiger partial charge is 0.326 e. The molecule has 2 aromatic heterocycles. The van der Waals surface area contributed by atoms with Crippen LogP contribution in [0.15, 0.2) is 24.7 Å². The first-order chi connectivity index (χ1) is 11.0. The van der Waals surface area contributed by atoms with E-state index in [1.54, 1.807) is 12.4 Å². The minimum Gasteiger partial charge on any atom is -0.326 e. The molecule has 1 fully saturated rings. The van der Waals surface area contributed by atoms with Crippen LogP contribution in [0.2, 0.25) is 0 Å². The number of carbonyl (C=O) groups is 1. The zero-order valence-electron chi connectivity index (χ0n) is 14.0. The Labute approximate surface area is 136 Å². The van der Waals surface area contributed by atoms with E-state index in [2.05, 4.69) is 28.9 Å². The van der Waals surface area contributed by atoms with Crippen LogP contribution in [0.1, 0.15) is 55.0 Å². The number of aromatic nitrogens is 4. The molecule has 23 heavy (non-hydrogen) atoms. The van der Waals surface area contributed by atoms with E-state index >= 15 is 0 Å². The lowest BCUT2D eigenvalue weighted by molar-refractivity contribution is 0.0603. The third kappa shape index (κ3) is 2.85. The fraction of sp³-hybridized carbons (Fsp3) is 0.529. The van der Waals surface area contributed by atoms with Crippen molar-refractivity contribution in [1.82, 2.24) is 24.6 Å². The molecule has 6 nitrogen and oxygen atoms in total. The standard InChI is InChI=1S/C17H23N5O/c1-4-9-21-12-14(11-19-21)15(23)22-10-5-7-17(22,3)16-18-8-6-13(2)20-16/h6,8,11-12H,4-5,7,9-10H2,1-3H3/t17-/m0/s1. The van der Waals surface area contributed by atoms with Crippen molar-refractivity contribution in [2.45, 2.75) is 52.1 Å². The normalized spacial score (nSPS) is 20.9. The molecule has 0 N–H and O–H groups in total. The van der Waals surface area contributed by atoms with E-state index in [1.807, 2.05) is 28.8 Å². The first-order valence-corrected chi connectivity index (χ1v) is 8.19. The summed E-state index contributed by atoms with van der Waals surface area (Å²) >= 11 is 0. The Morgan fingerprint density at radius 3 is 3.00 bits per heavy atom. The Bertz CT molecular complexity index is 711. The Balaban J connectivity index is 1.89. The smallest absolute Gasteiger partial charge is 0.257 e. The summed E-state index contributed by atoms with van der Waals surface area (Å²) in [7, 11) is 0. The van der Waals surface area contributed by atoms with E-state index in [0.29, 0.717) is 5.56 Å². The minimum absolute atomic E-state index is 0.0115. The lowest BCUT2D eigenvalue weighted by atomic mass is 9.97. The molecule has 3 rings (SSSR count). The van der Waals surface area contributed by atoms with Gasteiger partial charge in [0.25, 0.3) is 5.91 Å². The van der Waals surface area contributed by atoms with Gasteiger partial charge in [0.2, 0.25) is 0 Å². The van der Waals surface area contributed by atoms with Crippen LogP contribution in [0, 0.1) is 6.92 Å². The van der Waals surface area contributed by atoms with Crippen LogP contribution >= 0.6 is 0 Å². The Kier molecular flexibility index (Phi) is 4.15. The Morgan fingerprint density at radius 1 is 1.43 bits per heavy atom. The van der Waals surface area contributed by atoms with Gasteiger partial charge in [0.1, 0.15) is 5.54 Å². The van der Waals surface area contributed by atoms with Crippen LogP contribution in [-0.4, -0.2) is 37.1 Å². The topological polar surface area (TPSA) is 63.9 Å². The molecule has 1 saturated heterocycles. The summed E-state index contributed by atoms with van der Waals surface area (Å²) in [5.41, 5.74) is 1.11. The highest BCUT2D eigenvalue weighted by atomic mass is 16.2. The van der Waals surface area contributed by atoms with Crippen molar-refractivity contribution >= 4 is 5.91 Å². The average Bonchev–Trinajstić information content (AvgIpc) is 3.15. The first kappa shape index (κ1) is 15.6. The molecule has 0 bridgehead atoms. The number of carbonyl (C=O) groups excluding carboxylic acids is 1. The van der Waals surface area contributed by atoms with Crippen molar-refractivity contribution in [3.05, 3.63) is 41.7 Å². The predicted octanol–water partition coefficient (Wildman–Crippen LogP) is 2.54. The molecular weight excluding hydrogens is 290 g/mol. The molecule has 1 amide bonds. The summed E-state index contributed by atoms with van der Waals surface area (Å²) in [6.45, 7) is 7.65. The zero-order chi connectivity index (χ0) is 16.4. The van der Waals surface area contributed by atoms with Crippen LogP contribution in [0.4, 0.5) is 0 Å². The second-order valence-corrected chi connectivity index (χ2v) is 6.35. The van der Waals surface area contributed by atoms with Crippen molar-refractivity contribution in [2.75, 3.05) is 6.54 Å². The highest BCUT2D eigenvalue weighted by Crippen LogP contribution is 2.37. The van der Waals surface area contributed by atoms with Crippen molar-refractivity contribution in [2.24, 2.45) is 0 Å². The van der Waals surface area contributed by atoms with Gasteiger partial charge in [-0.15, -0.1) is 0 Å². The van der Waals surface area contributed by atoms with Gasteiger partial charge in [-0.05, 0) is 39.2 Å².